The first-order valence-corrected chi connectivity index (χ1v) is 13.6. The number of benzene rings is 3. The number of rotatable bonds is 9. The summed E-state index contributed by atoms with van der Waals surface area (Å²) in [6, 6.07) is 28.5. The van der Waals surface area contributed by atoms with Crippen LogP contribution in [-0.4, -0.2) is 42.6 Å². The van der Waals surface area contributed by atoms with Crippen LogP contribution in [0.2, 0.25) is 0 Å². The van der Waals surface area contributed by atoms with Gasteiger partial charge in [-0.2, -0.15) is 0 Å². The van der Waals surface area contributed by atoms with Gasteiger partial charge in [-0.25, -0.2) is 0 Å². The lowest BCUT2D eigenvalue weighted by molar-refractivity contribution is 0.166. The molecule has 3 heteroatoms. The third-order valence-corrected chi connectivity index (χ3v) is 7.80. The number of ether oxygens (including phenoxy) is 1. The molecule has 3 aromatic rings. The van der Waals surface area contributed by atoms with Gasteiger partial charge in [0.1, 0.15) is 5.75 Å². The molecule has 2 aliphatic heterocycles. The van der Waals surface area contributed by atoms with E-state index in [2.05, 4.69) is 88.7 Å². The molecular weight excluding hydrogens is 428 g/mol. The van der Waals surface area contributed by atoms with Crippen LogP contribution in [0.1, 0.15) is 47.9 Å². The molecule has 0 atom stereocenters. The highest BCUT2D eigenvalue weighted by Crippen LogP contribution is 2.25. The molecule has 184 valence electrons. The van der Waals surface area contributed by atoms with Crippen LogP contribution in [0.5, 0.6) is 5.75 Å². The normalized spacial score (nSPS) is 17.6. The van der Waals surface area contributed by atoms with E-state index < -0.39 is 0 Å². The van der Waals surface area contributed by atoms with Crippen molar-refractivity contribution in [2.24, 2.45) is 5.92 Å². The van der Waals surface area contributed by atoms with Crippen LogP contribution in [-0.2, 0) is 25.9 Å². The van der Waals surface area contributed by atoms with E-state index in [9.17, 15) is 0 Å². The minimum Gasteiger partial charge on any atom is -0.494 e. The molecule has 3 nitrogen and oxygen atoms in total. The van der Waals surface area contributed by atoms with Gasteiger partial charge in [-0.1, -0.05) is 66.7 Å². The van der Waals surface area contributed by atoms with Gasteiger partial charge in [0.15, 0.2) is 0 Å². The number of likely N-dealkylation sites (tertiary alicyclic amines) is 1. The van der Waals surface area contributed by atoms with E-state index in [0.29, 0.717) is 0 Å². The van der Waals surface area contributed by atoms with Crippen LogP contribution < -0.4 is 4.74 Å². The first-order chi connectivity index (χ1) is 17.3. The van der Waals surface area contributed by atoms with Crippen LogP contribution in [0.15, 0.2) is 78.9 Å². The molecule has 0 radical (unpaired) electrons. The van der Waals surface area contributed by atoms with Crippen LogP contribution in [0.3, 0.4) is 0 Å². The quantitative estimate of drug-likeness (QED) is 0.340. The van der Waals surface area contributed by atoms with Gasteiger partial charge < -0.3 is 4.74 Å². The van der Waals surface area contributed by atoms with Gasteiger partial charge in [0.05, 0.1) is 6.61 Å². The lowest BCUT2D eigenvalue weighted by atomic mass is 9.92. The van der Waals surface area contributed by atoms with E-state index >= 15 is 0 Å². The number of piperidine rings is 1. The highest BCUT2D eigenvalue weighted by Gasteiger charge is 2.19. The standard InChI is InChI=1S/C32H40N2O/c1-3-8-28(9-4-1)25-33-19-15-27(16-20-33)12-7-23-35-32-14-13-30-17-21-34(22-18-31(30)24-32)26-29-10-5-2-6-11-29/h1-6,8-11,13-14,24,27H,7,12,15-23,25-26H2. The Kier molecular flexibility index (Phi) is 8.52. The predicted octanol–water partition coefficient (Wildman–Crippen LogP) is 6.36. The summed E-state index contributed by atoms with van der Waals surface area (Å²) in [6.45, 7) is 7.69. The first kappa shape index (κ1) is 24.1. The number of hydrogen-bond acceptors (Lipinski definition) is 3. The molecule has 2 aliphatic rings. The lowest BCUT2D eigenvalue weighted by Gasteiger charge is -2.32. The molecule has 0 bridgehead atoms. The van der Waals surface area contributed by atoms with E-state index in [1.54, 1.807) is 0 Å². The Labute approximate surface area is 211 Å². The van der Waals surface area contributed by atoms with Gasteiger partial charge in [-0.3, -0.25) is 9.80 Å². The largest absolute Gasteiger partial charge is 0.494 e. The Balaban J connectivity index is 1.01. The average Bonchev–Trinajstić information content (AvgIpc) is 3.11. The van der Waals surface area contributed by atoms with E-state index in [1.165, 1.54) is 54.6 Å². The molecule has 3 aromatic carbocycles. The average molecular weight is 469 g/mol. The second kappa shape index (κ2) is 12.4. The van der Waals surface area contributed by atoms with Crippen molar-refractivity contribution in [3.8, 4) is 5.75 Å². The van der Waals surface area contributed by atoms with Gasteiger partial charge in [0, 0.05) is 26.2 Å². The molecule has 1 fully saturated rings. The second-order valence-corrected chi connectivity index (χ2v) is 10.4. The van der Waals surface area contributed by atoms with Gasteiger partial charge in [-0.05, 0) is 91.9 Å². The molecule has 0 saturated carbocycles. The molecule has 2 heterocycles. The Morgan fingerprint density at radius 2 is 1.26 bits per heavy atom. The Morgan fingerprint density at radius 1 is 0.657 bits per heavy atom. The summed E-state index contributed by atoms with van der Waals surface area (Å²) in [4.78, 5) is 5.19. The van der Waals surface area contributed by atoms with Crippen molar-refractivity contribution in [1.82, 2.24) is 9.80 Å². The highest BCUT2D eigenvalue weighted by molar-refractivity contribution is 5.37. The number of fused-ring (bicyclic) bond motifs is 1. The van der Waals surface area contributed by atoms with Crippen LogP contribution in [0.4, 0.5) is 0 Å². The summed E-state index contributed by atoms with van der Waals surface area (Å²) in [7, 11) is 0. The summed E-state index contributed by atoms with van der Waals surface area (Å²) in [6.07, 6.45) is 7.34. The van der Waals surface area contributed by atoms with Crippen molar-refractivity contribution < 1.29 is 4.74 Å². The molecule has 0 N–H and O–H groups in total. The fourth-order valence-electron chi connectivity index (χ4n) is 5.67. The monoisotopic (exact) mass is 468 g/mol. The van der Waals surface area contributed by atoms with Crippen molar-refractivity contribution >= 4 is 0 Å². The Morgan fingerprint density at radius 3 is 1.91 bits per heavy atom. The molecule has 0 spiro atoms. The molecule has 5 rings (SSSR count). The minimum atomic E-state index is 0.836. The van der Waals surface area contributed by atoms with Crippen LogP contribution >= 0.6 is 0 Å². The molecular formula is C32H40N2O. The zero-order chi connectivity index (χ0) is 23.7. The summed E-state index contributed by atoms with van der Waals surface area (Å²) in [5.74, 6) is 1.91. The maximum absolute atomic E-state index is 6.20. The van der Waals surface area contributed by atoms with E-state index in [-0.39, 0.29) is 0 Å². The van der Waals surface area contributed by atoms with Crippen molar-refractivity contribution in [3.63, 3.8) is 0 Å². The van der Waals surface area contributed by atoms with Crippen molar-refractivity contribution in [3.05, 3.63) is 101 Å². The van der Waals surface area contributed by atoms with Crippen LogP contribution in [0.25, 0.3) is 0 Å². The first-order valence-electron chi connectivity index (χ1n) is 13.6. The molecule has 0 amide bonds. The maximum atomic E-state index is 6.20. The second-order valence-electron chi connectivity index (χ2n) is 10.4. The van der Waals surface area contributed by atoms with Gasteiger partial charge in [-0.15, -0.1) is 0 Å². The Bertz CT molecular complexity index is 1030. The number of nitrogens with zero attached hydrogens (tertiary/aromatic N) is 2. The highest BCUT2D eigenvalue weighted by atomic mass is 16.5. The molecule has 0 aromatic heterocycles. The summed E-state index contributed by atoms with van der Waals surface area (Å²) >= 11 is 0. The minimum absolute atomic E-state index is 0.836. The van der Waals surface area contributed by atoms with E-state index in [0.717, 1.165) is 63.7 Å². The molecule has 0 aliphatic carbocycles. The summed E-state index contributed by atoms with van der Waals surface area (Å²) in [5, 5.41) is 0. The maximum Gasteiger partial charge on any atom is 0.119 e. The SMILES string of the molecule is c1ccc(CN2CCc3ccc(OCCCC4CCN(Cc5ccccc5)CC4)cc3CC2)cc1. The lowest BCUT2D eigenvalue weighted by Crippen LogP contribution is -2.33. The molecule has 35 heavy (non-hydrogen) atoms. The van der Waals surface area contributed by atoms with Crippen molar-refractivity contribution in [2.75, 3.05) is 32.8 Å². The van der Waals surface area contributed by atoms with Crippen molar-refractivity contribution in [1.29, 1.82) is 0 Å². The smallest absolute Gasteiger partial charge is 0.119 e. The van der Waals surface area contributed by atoms with Gasteiger partial charge >= 0.3 is 0 Å². The zero-order valence-corrected chi connectivity index (χ0v) is 21.1. The van der Waals surface area contributed by atoms with Crippen molar-refractivity contribution in [2.45, 2.75) is 51.6 Å². The van der Waals surface area contributed by atoms with Gasteiger partial charge in [0.25, 0.3) is 0 Å². The Hall–Kier alpha value is -2.62. The van der Waals surface area contributed by atoms with E-state index in [4.69, 9.17) is 4.74 Å². The third kappa shape index (κ3) is 7.19. The van der Waals surface area contributed by atoms with Crippen LogP contribution in [0, 0.1) is 5.92 Å². The third-order valence-electron chi connectivity index (χ3n) is 7.80. The topological polar surface area (TPSA) is 15.7 Å². The zero-order valence-electron chi connectivity index (χ0n) is 21.1. The molecule has 0 unspecified atom stereocenters. The summed E-state index contributed by atoms with van der Waals surface area (Å²) in [5.41, 5.74) is 5.81. The fraction of sp³-hybridized carbons (Fsp3) is 0.438. The fourth-order valence-corrected chi connectivity index (χ4v) is 5.67. The predicted molar refractivity (Wildman–Crippen MR) is 145 cm³/mol. The number of hydrogen-bond donors (Lipinski definition) is 0. The summed E-state index contributed by atoms with van der Waals surface area (Å²) < 4.78 is 6.20. The van der Waals surface area contributed by atoms with Gasteiger partial charge in [0.2, 0.25) is 0 Å². The van der Waals surface area contributed by atoms with E-state index in [1.807, 2.05) is 0 Å². The molecule has 1 saturated heterocycles.